The molecule has 18 heavy (non-hydrogen) atoms. The van der Waals surface area contributed by atoms with Crippen molar-refractivity contribution in [3.8, 4) is 0 Å². The number of halogens is 1. The van der Waals surface area contributed by atoms with E-state index in [-0.39, 0.29) is 16.7 Å². The highest BCUT2D eigenvalue weighted by Gasteiger charge is 2.15. The number of pyridine rings is 1. The van der Waals surface area contributed by atoms with Gasteiger partial charge < -0.3 is 14.7 Å². The van der Waals surface area contributed by atoms with Gasteiger partial charge in [0, 0.05) is 19.8 Å². The van der Waals surface area contributed by atoms with Crippen molar-refractivity contribution in [1.29, 1.82) is 0 Å². The second kappa shape index (κ2) is 6.56. The Balaban J connectivity index is 2.76. The van der Waals surface area contributed by atoms with Crippen molar-refractivity contribution in [2.45, 2.75) is 20.0 Å². The first-order valence-corrected chi connectivity index (χ1v) is 6.01. The zero-order valence-corrected chi connectivity index (χ0v) is 11.4. The van der Waals surface area contributed by atoms with Gasteiger partial charge in [0.2, 0.25) is 0 Å². The molecule has 0 aliphatic heterocycles. The molecule has 0 radical (unpaired) electrons. The van der Waals surface area contributed by atoms with Crippen LogP contribution < -0.4 is 4.90 Å². The fraction of sp³-hybridized carbons (Fsp3) is 0.500. The number of carboxylic acid groups (broad SMARTS) is 1. The Morgan fingerprint density at radius 3 is 2.83 bits per heavy atom. The van der Waals surface area contributed by atoms with Crippen LogP contribution in [0, 0.1) is 0 Å². The monoisotopic (exact) mass is 272 g/mol. The van der Waals surface area contributed by atoms with E-state index in [0.29, 0.717) is 19.0 Å². The molecule has 0 saturated carbocycles. The maximum atomic E-state index is 10.9. The molecular formula is C12H17ClN2O3. The summed E-state index contributed by atoms with van der Waals surface area (Å²) in [6, 6.07) is 1.38. The lowest BCUT2D eigenvalue weighted by molar-refractivity contribution is 0.0697. The van der Waals surface area contributed by atoms with Crippen LogP contribution in [0.15, 0.2) is 12.3 Å². The molecule has 0 spiro atoms. The highest BCUT2D eigenvalue weighted by Crippen LogP contribution is 2.25. The van der Waals surface area contributed by atoms with Gasteiger partial charge in [-0.15, -0.1) is 0 Å². The predicted octanol–water partition coefficient (Wildman–Crippen LogP) is 2.29. The van der Waals surface area contributed by atoms with E-state index in [4.69, 9.17) is 21.4 Å². The smallest absolute Gasteiger partial charge is 0.337 e. The van der Waals surface area contributed by atoms with E-state index in [1.54, 1.807) is 11.9 Å². The van der Waals surface area contributed by atoms with Crippen molar-refractivity contribution in [3.05, 3.63) is 22.8 Å². The topological polar surface area (TPSA) is 62.7 Å². The molecule has 1 heterocycles. The SMILES string of the molecule is CC(C)OCCN(C)c1nccc(C(=O)O)c1Cl. The van der Waals surface area contributed by atoms with Crippen LogP contribution in [0.1, 0.15) is 24.2 Å². The van der Waals surface area contributed by atoms with Crippen LogP contribution in [0.5, 0.6) is 0 Å². The van der Waals surface area contributed by atoms with Crippen LogP contribution in [0.4, 0.5) is 5.82 Å². The first-order valence-electron chi connectivity index (χ1n) is 5.64. The number of carboxylic acids is 1. The van der Waals surface area contributed by atoms with Crippen molar-refractivity contribution < 1.29 is 14.6 Å². The zero-order chi connectivity index (χ0) is 13.7. The maximum Gasteiger partial charge on any atom is 0.337 e. The van der Waals surface area contributed by atoms with Gasteiger partial charge in [-0.25, -0.2) is 9.78 Å². The molecule has 1 rings (SSSR count). The van der Waals surface area contributed by atoms with E-state index in [0.717, 1.165) is 0 Å². The molecule has 0 atom stereocenters. The first-order chi connectivity index (χ1) is 8.43. The van der Waals surface area contributed by atoms with Crippen molar-refractivity contribution in [2.75, 3.05) is 25.1 Å². The second-order valence-electron chi connectivity index (χ2n) is 4.14. The van der Waals surface area contributed by atoms with Gasteiger partial charge in [0.15, 0.2) is 0 Å². The Morgan fingerprint density at radius 2 is 2.28 bits per heavy atom. The van der Waals surface area contributed by atoms with Gasteiger partial charge in [-0.1, -0.05) is 11.6 Å². The molecule has 0 aromatic carbocycles. The molecule has 0 aliphatic carbocycles. The number of carbonyl (C=O) groups is 1. The van der Waals surface area contributed by atoms with Crippen molar-refractivity contribution in [2.24, 2.45) is 0 Å². The summed E-state index contributed by atoms with van der Waals surface area (Å²) in [5.41, 5.74) is 0.0540. The predicted molar refractivity (Wildman–Crippen MR) is 70.6 cm³/mol. The number of likely N-dealkylation sites (N-methyl/N-ethyl adjacent to an activating group) is 1. The minimum Gasteiger partial charge on any atom is -0.478 e. The van der Waals surface area contributed by atoms with E-state index in [1.165, 1.54) is 12.3 Å². The van der Waals surface area contributed by atoms with Crippen molar-refractivity contribution >= 4 is 23.4 Å². The number of nitrogens with zero attached hydrogens (tertiary/aromatic N) is 2. The van der Waals surface area contributed by atoms with E-state index in [1.807, 2.05) is 13.8 Å². The summed E-state index contributed by atoms with van der Waals surface area (Å²) < 4.78 is 5.42. The maximum absolute atomic E-state index is 10.9. The standard InChI is InChI=1S/C12H17ClN2O3/c1-8(2)18-7-6-15(3)11-10(13)9(12(16)17)4-5-14-11/h4-5,8H,6-7H2,1-3H3,(H,16,17). The van der Waals surface area contributed by atoms with E-state index >= 15 is 0 Å². The summed E-state index contributed by atoms with van der Waals surface area (Å²) in [4.78, 5) is 16.8. The third-order valence-electron chi connectivity index (χ3n) is 2.34. The molecule has 0 amide bonds. The van der Waals surface area contributed by atoms with E-state index in [2.05, 4.69) is 4.98 Å². The first kappa shape index (κ1) is 14.7. The Labute approximate surface area is 111 Å². The Morgan fingerprint density at radius 1 is 1.61 bits per heavy atom. The van der Waals surface area contributed by atoms with Gasteiger partial charge in [-0.2, -0.15) is 0 Å². The largest absolute Gasteiger partial charge is 0.478 e. The number of aromatic carboxylic acids is 1. The molecule has 100 valence electrons. The molecule has 0 aliphatic rings. The summed E-state index contributed by atoms with van der Waals surface area (Å²) in [5.74, 6) is -0.612. The molecule has 0 saturated heterocycles. The average molecular weight is 273 g/mol. The molecule has 0 fully saturated rings. The molecule has 6 heteroatoms. The summed E-state index contributed by atoms with van der Waals surface area (Å²) in [5, 5.41) is 9.12. The van der Waals surface area contributed by atoms with Gasteiger partial charge in [-0.3, -0.25) is 0 Å². The van der Waals surface area contributed by atoms with Crippen LogP contribution in [0.3, 0.4) is 0 Å². The van der Waals surface area contributed by atoms with Crippen LogP contribution in [0.25, 0.3) is 0 Å². The summed E-state index contributed by atoms with van der Waals surface area (Å²) in [6.45, 7) is 5.03. The van der Waals surface area contributed by atoms with Crippen LogP contribution in [0.2, 0.25) is 5.02 Å². The normalized spacial score (nSPS) is 10.7. The van der Waals surface area contributed by atoms with Crippen LogP contribution in [-0.2, 0) is 4.74 Å². The second-order valence-corrected chi connectivity index (χ2v) is 4.52. The van der Waals surface area contributed by atoms with Gasteiger partial charge in [0.05, 0.1) is 23.3 Å². The lowest BCUT2D eigenvalue weighted by atomic mass is 10.2. The molecule has 1 aromatic rings. The third kappa shape index (κ3) is 3.85. The fourth-order valence-electron chi connectivity index (χ4n) is 1.40. The summed E-state index contributed by atoms with van der Waals surface area (Å²) in [6.07, 6.45) is 1.59. The number of anilines is 1. The third-order valence-corrected chi connectivity index (χ3v) is 2.71. The lowest BCUT2D eigenvalue weighted by Gasteiger charge is -2.20. The van der Waals surface area contributed by atoms with Crippen LogP contribution in [-0.4, -0.2) is 42.4 Å². The summed E-state index contributed by atoms with van der Waals surface area (Å²) in [7, 11) is 1.80. The zero-order valence-electron chi connectivity index (χ0n) is 10.7. The Kier molecular flexibility index (Phi) is 5.37. The fourth-order valence-corrected chi connectivity index (χ4v) is 1.73. The number of rotatable bonds is 6. The lowest BCUT2D eigenvalue weighted by Crippen LogP contribution is -2.25. The molecular weight excluding hydrogens is 256 g/mol. The van der Waals surface area contributed by atoms with Crippen molar-refractivity contribution in [3.63, 3.8) is 0 Å². The number of hydrogen-bond acceptors (Lipinski definition) is 4. The van der Waals surface area contributed by atoms with Crippen molar-refractivity contribution in [1.82, 2.24) is 4.98 Å². The van der Waals surface area contributed by atoms with Gasteiger partial charge in [-0.05, 0) is 19.9 Å². The number of ether oxygens (including phenoxy) is 1. The van der Waals surface area contributed by atoms with Gasteiger partial charge in [0.25, 0.3) is 0 Å². The number of aromatic nitrogens is 1. The highest BCUT2D eigenvalue weighted by molar-refractivity contribution is 6.35. The Bertz CT molecular complexity index is 424. The van der Waals surface area contributed by atoms with E-state index in [9.17, 15) is 4.79 Å². The molecule has 0 unspecified atom stereocenters. The average Bonchev–Trinajstić information content (AvgIpc) is 2.28. The number of hydrogen-bond donors (Lipinski definition) is 1. The minimum atomic E-state index is -1.06. The summed E-state index contributed by atoms with van der Waals surface area (Å²) >= 11 is 6.01. The molecule has 0 bridgehead atoms. The quantitative estimate of drug-likeness (QED) is 0.861. The molecule has 1 N–H and O–H groups in total. The minimum absolute atomic E-state index is 0.0540. The van der Waals surface area contributed by atoms with Crippen LogP contribution >= 0.6 is 11.6 Å². The van der Waals surface area contributed by atoms with E-state index < -0.39 is 5.97 Å². The Hall–Kier alpha value is -1.33. The molecule has 1 aromatic heterocycles. The van der Waals surface area contributed by atoms with Gasteiger partial charge in [0.1, 0.15) is 5.82 Å². The van der Waals surface area contributed by atoms with Gasteiger partial charge >= 0.3 is 5.97 Å². The molecule has 5 nitrogen and oxygen atoms in total. The highest BCUT2D eigenvalue weighted by atomic mass is 35.5.